The molecule has 178 valence electrons. The van der Waals surface area contributed by atoms with E-state index in [0.717, 1.165) is 6.20 Å². The minimum absolute atomic E-state index is 0.00896. The zero-order valence-electron chi connectivity index (χ0n) is 17.8. The number of hydrogen-bond donors (Lipinski definition) is 2. The number of benzene rings is 1. The molecular weight excluding hydrogens is 457 g/mol. The van der Waals surface area contributed by atoms with Crippen molar-refractivity contribution in [1.29, 1.82) is 0 Å². The fraction of sp³-hybridized carbons (Fsp3) is 0.286. The van der Waals surface area contributed by atoms with Crippen LogP contribution in [0.2, 0.25) is 0 Å². The molecule has 4 rings (SSSR count). The van der Waals surface area contributed by atoms with Gasteiger partial charge in [0, 0.05) is 12.1 Å². The lowest BCUT2D eigenvalue weighted by Crippen LogP contribution is -2.44. The van der Waals surface area contributed by atoms with Gasteiger partial charge in [-0.25, -0.2) is 14.2 Å². The van der Waals surface area contributed by atoms with Gasteiger partial charge in [-0.1, -0.05) is 12.1 Å². The number of nitrogens with zero attached hydrogens (tertiary/aromatic N) is 5. The highest BCUT2D eigenvalue weighted by molar-refractivity contribution is 5.94. The van der Waals surface area contributed by atoms with E-state index in [1.165, 1.54) is 30.3 Å². The first-order valence-electron chi connectivity index (χ1n) is 10.1. The van der Waals surface area contributed by atoms with E-state index in [9.17, 15) is 23.1 Å². The summed E-state index contributed by atoms with van der Waals surface area (Å²) in [6, 6.07) is 6.66. The fourth-order valence-corrected chi connectivity index (χ4v) is 3.38. The number of morpholine rings is 1. The maximum Gasteiger partial charge on any atom is 0.387 e. The van der Waals surface area contributed by atoms with Crippen LogP contribution in [0.3, 0.4) is 0 Å². The second kappa shape index (κ2) is 9.87. The lowest BCUT2D eigenvalue weighted by Gasteiger charge is -2.33. The number of halogens is 3. The van der Waals surface area contributed by atoms with Crippen LogP contribution < -0.4 is 15.0 Å². The minimum Gasteiger partial charge on any atom is -0.476 e. The third-order valence-corrected chi connectivity index (χ3v) is 4.99. The van der Waals surface area contributed by atoms with Gasteiger partial charge in [0.15, 0.2) is 23.1 Å². The molecule has 2 aromatic heterocycles. The molecule has 0 radical (unpaired) electrons. The summed E-state index contributed by atoms with van der Waals surface area (Å²) in [6.45, 7) is 0.441. The predicted molar refractivity (Wildman–Crippen MR) is 114 cm³/mol. The Bertz CT molecular complexity index is 1180. The Kier molecular flexibility index (Phi) is 6.72. The van der Waals surface area contributed by atoms with Gasteiger partial charge in [-0.3, -0.25) is 0 Å². The van der Waals surface area contributed by atoms with Crippen molar-refractivity contribution in [2.24, 2.45) is 0 Å². The van der Waals surface area contributed by atoms with E-state index in [1.54, 1.807) is 0 Å². The minimum atomic E-state index is -2.99. The van der Waals surface area contributed by atoms with E-state index in [0.29, 0.717) is 31.3 Å². The summed E-state index contributed by atoms with van der Waals surface area (Å²) < 4.78 is 49.0. The first-order valence-corrected chi connectivity index (χ1v) is 10.1. The SMILES string of the molecule is CC1COCCN1c1ncc(F)c(Nc2cc(-c3ccc(OC(F)F)cc3)c(C(=O)O)nn2)n1. The number of aromatic nitrogens is 4. The van der Waals surface area contributed by atoms with Crippen molar-refractivity contribution in [2.45, 2.75) is 19.6 Å². The van der Waals surface area contributed by atoms with E-state index in [4.69, 9.17) is 4.74 Å². The molecule has 1 atom stereocenters. The standard InChI is InChI=1S/C21H19F3N6O4/c1-11-10-33-7-6-30(11)21-25-9-15(22)18(27-21)26-16-8-14(17(19(31)32)29-28-16)12-2-4-13(5-3-12)34-20(23)24/h2-5,8-9,11,20H,6-7,10H2,1H3,(H,31,32)(H,25,26,27,28). The summed E-state index contributed by atoms with van der Waals surface area (Å²) in [6.07, 6.45) is 1.02. The van der Waals surface area contributed by atoms with Crippen molar-refractivity contribution in [3.63, 3.8) is 0 Å². The van der Waals surface area contributed by atoms with Crippen molar-refractivity contribution in [1.82, 2.24) is 20.2 Å². The van der Waals surface area contributed by atoms with Gasteiger partial charge in [-0.15, -0.1) is 10.2 Å². The van der Waals surface area contributed by atoms with Crippen LogP contribution in [0.4, 0.5) is 30.8 Å². The molecule has 1 aromatic carbocycles. The van der Waals surface area contributed by atoms with Crippen LogP contribution in [0.15, 0.2) is 36.5 Å². The summed E-state index contributed by atoms with van der Waals surface area (Å²) >= 11 is 0. The fourth-order valence-electron chi connectivity index (χ4n) is 3.38. The molecule has 2 N–H and O–H groups in total. The molecule has 1 aliphatic heterocycles. The molecular formula is C21H19F3N6O4. The number of aromatic carboxylic acids is 1. The third-order valence-electron chi connectivity index (χ3n) is 4.99. The molecule has 1 saturated heterocycles. The Morgan fingerprint density at radius 1 is 1.29 bits per heavy atom. The lowest BCUT2D eigenvalue weighted by atomic mass is 10.0. The number of carboxylic acids is 1. The summed E-state index contributed by atoms with van der Waals surface area (Å²) in [5.74, 6) is -2.05. The Balaban J connectivity index is 1.64. The van der Waals surface area contributed by atoms with Gasteiger partial charge >= 0.3 is 12.6 Å². The van der Waals surface area contributed by atoms with Crippen LogP contribution in [0.25, 0.3) is 11.1 Å². The highest BCUT2D eigenvalue weighted by Crippen LogP contribution is 2.28. The molecule has 13 heteroatoms. The number of nitrogens with one attached hydrogen (secondary N) is 1. The quantitative estimate of drug-likeness (QED) is 0.525. The summed E-state index contributed by atoms with van der Waals surface area (Å²) in [4.78, 5) is 21.8. The van der Waals surface area contributed by atoms with Gasteiger partial charge in [-0.2, -0.15) is 13.8 Å². The summed E-state index contributed by atoms with van der Waals surface area (Å²) in [5, 5.41) is 19.7. The van der Waals surface area contributed by atoms with Gasteiger partial charge < -0.3 is 24.8 Å². The van der Waals surface area contributed by atoms with Crippen LogP contribution in [-0.4, -0.2) is 63.7 Å². The van der Waals surface area contributed by atoms with Gasteiger partial charge in [0.05, 0.1) is 25.5 Å². The second-order valence-corrected chi connectivity index (χ2v) is 7.31. The molecule has 1 unspecified atom stereocenters. The molecule has 0 saturated carbocycles. The van der Waals surface area contributed by atoms with E-state index < -0.39 is 18.4 Å². The van der Waals surface area contributed by atoms with Crippen molar-refractivity contribution < 1.29 is 32.5 Å². The van der Waals surface area contributed by atoms with Gasteiger partial charge in [0.2, 0.25) is 5.95 Å². The molecule has 0 bridgehead atoms. The second-order valence-electron chi connectivity index (χ2n) is 7.31. The molecule has 34 heavy (non-hydrogen) atoms. The number of hydrogen-bond acceptors (Lipinski definition) is 9. The first kappa shape index (κ1) is 23.2. The van der Waals surface area contributed by atoms with Crippen molar-refractivity contribution in [3.8, 4) is 16.9 Å². The van der Waals surface area contributed by atoms with Crippen LogP contribution in [0.5, 0.6) is 5.75 Å². The van der Waals surface area contributed by atoms with Gasteiger partial charge in [0.25, 0.3) is 0 Å². The Morgan fingerprint density at radius 3 is 2.74 bits per heavy atom. The molecule has 1 aliphatic rings. The number of ether oxygens (including phenoxy) is 2. The number of anilines is 3. The molecule has 0 amide bonds. The van der Waals surface area contributed by atoms with E-state index >= 15 is 0 Å². The van der Waals surface area contributed by atoms with E-state index in [2.05, 4.69) is 30.2 Å². The number of carbonyl (C=O) groups is 1. The van der Waals surface area contributed by atoms with Crippen LogP contribution in [-0.2, 0) is 4.74 Å². The van der Waals surface area contributed by atoms with Gasteiger partial charge in [-0.05, 0) is 30.7 Å². The molecule has 3 heterocycles. The van der Waals surface area contributed by atoms with Crippen molar-refractivity contribution in [2.75, 3.05) is 30.0 Å². The van der Waals surface area contributed by atoms with Crippen LogP contribution >= 0.6 is 0 Å². The maximum atomic E-state index is 14.5. The third kappa shape index (κ3) is 5.14. The maximum absolute atomic E-state index is 14.5. The largest absolute Gasteiger partial charge is 0.476 e. The predicted octanol–water partition coefficient (Wildman–Crippen LogP) is 3.34. The smallest absolute Gasteiger partial charge is 0.387 e. The number of alkyl halides is 2. The highest BCUT2D eigenvalue weighted by Gasteiger charge is 2.23. The van der Waals surface area contributed by atoms with E-state index in [1.807, 2.05) is 11.8 Å². The Labute approximate surface area is 191 Å². The zero-order valence-corrected chi connectivity index (χ0v) is 17.8. The average Bonchev–Trinajstić information content (AvgIpc) is 2.81. The molecule has 0 spiro atoms. The molecule has 0 aliphatic carbocycles. The highest BCUT2D eigenvalue weighted by atomic mass is 19.3. The molecule has 10 nitrogen and oxygen atoms in total. The Morgan fingerprint density at radius 2 is 2.06 bits per heavy atom. The normalized spacial score (nSPS) is 15.9. The topological polar surface area (TPSA) is 123 Å². The first-order chi connectivity index (χ1) is 16.3. The Hall–Kier alpha value is -4.00. The summed E-state index contributed by atoms with van der Waals surface area (Å²) in [7, 11) is 0. The molecule has 3 aromatic rings. The molecule has 1 fully saturated rings. The van der Waals surface area contributed by atoms with E-state index in [-0.39, 0.29) is 34.7 Å². The lowest BCUT2D eigenvalue weighted by molar-refractivity contribution is -0.0498. The van der Waals surface area contributed by atoms with Crippen molar-refractivity contribution >= 4 is 23.6 Å². The number of rotatable bonds is 7. The summed E-state index contributed by atoms with van der Waals surface area (Å²) in [5.41, 5.74) is 0.104. The number of carboxylic acid groups (broad SMARTS) is 1. The van der Waals surface area contributed by atoms with Gasteiger partial charge in [0.1, 0.15) is 5.75 Å². The average molecular weight is 476 g/mol. The monoisotopic (exact) mass is 476 g/mol. The zero-order chi connectivity index (χ0) is 24.2. The van der Waals surface area contributed by atoms with Crippen molar-refractivity contribution in [3.05, 3.63) is 48.0 Å². The van der Waals surface area contributed by atoms with Crippen LogP contribution in [0.1, 0.15) is 17.4 Å². The van der Waals surface area contributed by atoms with Crippen LogP contribution in [0, 0.1) is 5.82 Å².